The van der Waals surface area contributed by atoms with Crippen LogP contribution >= 0.6 is 11.3 Å². The molecule has 29 heteroatoms. The zero-order chi connectivity index (χ0) is 61.8. The number of benzene rings is 7. The Labute approximate surface area is 454 Å². The molecule has 8 aromatic rings. The molecule has 0 bridgehead atoms. The van der Waals surface area contributed by atoms with Crippen molar-refractivity contribution in [2.24, 2.45) is 0 Å². The van der Waals surface area contributed by atoms with Crippen LogP contribution in [0.3, 0.4) is 0 Å². The highest BCUT2D eigenvalue weighted by atomic mass is 32.1. The number of alkyl halides is 24. The molecule has 0 spiro atoms. The fourth-order valence-corrected chi connectivity index (χ4v) is 9.87. The first-order chi connectivity index (χ1) is 38.0. The normalized spacial score (nSPS) is 13.2. The lowest BCUT2D eigenvalue weighted by Crippen LogP contribution is -2.75. The second-order valence-electron chi connectivity index (χ2n) is 18.2. The topological polar surface area (TPSA) is 38.0 Å². The van der Waals surface area contributed by atoms with Crippen LogP contribution in [0.2, 0.25) is 0 Å². The van der Waals surface area contributed by atoms with E-state index >= 15 is 0 Å². The highest BCUT2D eigenvalue weighted by Crippen LogP contribution is 2.41. The summed E-state index contributed by atoms with van der Waals surface area (Å²) in [5.41, 5.74) is -25.3. The molecule has 0 aliphatic heterocycles. The van der Waals surface area contributed by atoms with Crippen LogP contribution in [0, 0.1) is 0 Å². The number of para-hydroxylation sites is 1. The number of carbonyl (C=O) groups excluding carboxylic acids is 2. The second kappa shape index (κ2) is 22.1. The number of thiazole rings is 1. The summed E-state index contributed by atoms with van der Waals surface area (Å²) >= 11 is 1.62. The molecule has 0 aliphatic carbocycles. The molecule has 0 radical (unpaired) electrons. The van der Waals surface area contributed by atoms with E-state index < -0.39 is 195 Å². The van der Waals surface area contributed by atoms with E-state index in [9.17, 15) is 115 Å². The molecule has 0 saturated carbocycles. The average Bonchev–Trinajstić information content (AvgIpc) is 1.19. The number of fused-ring (bicyclic) bond motifs is 1. The summed E-state index contributed by atoms with van der Waals surface area (Å²) in [6, 6.07) is 15.3. The van der Waals surface area contributed by atoms with Crippen LogP contribution < -0.4 is 26.4 Å². The van der Waals surface area contributed by atoms with Gasteiger partial charge in [0.05, 0.1) is 44.5 Å². The SMILES string of the molecule is FC(F)(F)c1cc([B-](c2cc(C(F)(F)F)cc(C(F)(F)F)c2)(c2cc(C(F)(F)F)cc(C(F)(F)F)c2)c2cc(C(F)(F)F)cc(C(F)(F)F)c2)cc(C(F)(F)F)c1.O=C(C[n+]1csc2ccccc21)c1ccc(C(=O)c2ccccc2)cc1. The maximum absolute atomic E-state index is 14.2. The summed E-state index contributed by atoms with van der Waals surface area (Å²) in [6.45, 7) is 0.288. The molecule has 0 fully saturated rings. The van der Waals surface area contributed by atoms with E-state index in [1.165, 1.54) is 0 Å². The fourth-order valence-electron chi connectivity index (χ4n) is 8.97. The first kappa shape index (κ1) is 62.7. The number of halogens is 24. The first-order valence-electron chi connectivity index (χ1n) is 22.9. The third-order valence-corrected chi connectivity index (χ3v) is 13.7. The third-order valence-electron chi connectivity index (χ3n) is 12.7. The van der Waals surface area contributed by atoms with Gasteiger partial charge in [-0.15, -0.1) is 0 Å². The van der Waals surface area contributed by atoms with Gasteiger partial charge < -0.3 is 0 Å². The van der Waals surface area contributed by atoms with Crippen molar-refractivity contribution in [2.75, 3.05) is 0 Å². The minimum absolute atomic E-state index is 0.0252. The van der Waals surface area contributed by atoms with E-state index in [1.807, 2.05) is 52.5 Å². The second-order valence-corrected chi connectivity index (χ2v) is 19.1. The minimum Gasteiger partial charge on any atom is -0.289 e. The van der Waals surface area contributed by atoms with Gasteiger partial charge in [-0.25, -0.2) is 0 Å². The molecule has 3 nitrogen and oxygen atoms in total. The van der Waals surface area contributed by atoms with E-state index in [2.05, 4.69) is 0 Å². The number of ketones is 2. The van der Waals surface area contributed by atoms with Gasteiger partial charge in [-0.3, -0.25) is 9.59 Å². The summed E-state index contributed by atoms with van der Waals surface area (Å²) in [5, 5.41) is 0. The summed E-state index contributed by atoms with van der Waals surface area (Å²) in [5.74, 6) is -0.0138. The highest BCUT2D eigenvalue weighted by molar-refractivity contribution is 7.20. The highest BCUT2D eigenvalue weighted by Gasteiger charge is 2.47. The van der Waals surface area contributed by atoms with Crippen LogP contribution in [0.4, 0.5) is 105 Å². The van der Waals surface area contributed by atoms with Crippen molar-refractivity contribution in [3.05, 3.63) is 218 Å². The predicted molar refractivity (Wildman–Crippen MR) is 253 cm³/mol. The van der Waals surface area contributed by atoms with Gasteiger partial charge in [-0.2, -0.15) is 132 Å². The molecule has 8 rings (SSSR count). The smallest absolute Gasteiger partial charge is 0.289 e. The Hall–Kier alpha value is -7.85. The summed E-state index contributed by atoms with van der Waals surface area (Å²) < 4.78 is 344. The van der Waals surface area contributed by atoms with Crippen molar-refractivity contribution >= 4 is 61.1 Å². The summed E-state index contributed by atoms with van der Waals surface area (Å²) in [6.07, 6.45) is -54.8. The predicted octanol–water partition coefficient (Wildman–Crippen LogP) is 15.5. The number of nitrogens with zero attached hydrogens (tertiary/aromatic N) is 1. The summed E-state index contributed by atoms with van der Waals surface area (Å²) in [7, 11) is 0. The van der Waals surface area contributed by atoms with Crippen LogP contribution in [-0.2, 0) is 56.0 Å². The Morgan fingerprint density at radius 2 is 0.602 bits per heavy atom. The zero-order valence-electron chi connectivity index (χ0n) is 40.5. The molecule has 0 unspecified atom stereocenters. The van der Waals surface area contributed by atoms with Gasteiger partial charge in [-0.1, -0.05) is 127 Å². The van der Waals surface area contributed by atoms with Gasteiger partial charge in [0, 0.05) is 22.8 Å². The molecule has 438 valence electrons. The van der Waals surface area contributed by atoms with Crippen LogP contribution in [0.1, 0.15) is 70.8 Å². The van der Waals surface area contributed by atoms with Crippen molar-refractivity contribution in [1.82, 2.24) is 0 Å². The number of Topliss-reactive ketones (excluding diaryl/α,β-unsaturated/α-hetero) is 1. The molecule has 1 heterocycles. The average molecular weight is 1220 g/mol. The van der Waals surface area contributed by atoms with Crippen molar-refractivity contribution in [3.8, 4) is 0 Å². The molecule has 1 aromatic heterocycles. The number of aromatic nitrogens is 1. The van der Waals surface area contributed by atoms with Crippen LogP contribution in [0.5, 0.6) is 0 Å². The lowest BCUT2D eigenvalue weighted by molar-refractivity contribution is -0.652. The van der Waals surface area contributed by atoms with Crippen molar-refractivity contribution in [2.45, 2.75) is 56.0 Å². The zero-order valence-corrected chi connectivity index (χ0v) is 41.4. The lowest BCUT2D eigenvalue weighted by Gasteiger charge is -2.46. The minimum atomic E-state index is -6.13. The van der Waals surface area contributed by atoms with Gasteiger partial charge in [0.15, 0.2) is 5.78 Å². The van der Waals surface area contributed by atoms with Crippen LogP contribution in [-0.4, -0.2) is 17.7 Å². The van der Waals surface area contributed by atoms with Gasteiger partial charge in [0.2, 0.25) is 23.4 Å². The Bertz CT molecular complexity index is 3260. The Balaban J connectivity index is 0.000000313. The maximum Gasteiger partial charge on any atom is 0.416 e. The van der Waals surface area contributed by atoms with Crippen molar-refractivity contribution in [3.63, 3.8) is 0 Å². The third kappa shape index (κ3) is 14.0. The molecule has 0 saturated heterocycles. The van der Waals surface area contributed by atoms with Crippen molar-refractivity contribution in [1.29, 1.82) is 0 Å². The number of carbonyl (C=O) groups is 2. The molecular formula is C54H28BF24NO2S. The number of rotatable bonds is 9. The van der Waals surface area contributed by atoms with E-state index in [1.54, 1.807) is 47.7 Å². The van der Waals surface area contributed by atoms with E-state index in [4.69, 9.17) is 0 Å². The molecule has 0 amide bonds. The molecule has 0 atom stereocenters. The Morgan fingerprint density at radius 1 is 0.337 bits per heavy atom. The molecule has 7 aromatic carbocycles. The lowest BCUT2D eigenvalue weighted by atomic mass is 9.12. The van der Waals surface area contributed by atoms with Gasteiger partial charge in [0.25, 0.3) is 0 Å². The van der Waals surface area contributed by atoms with Crippen molar-refractivity contribution < 1.29 is 120 Å². The Morgan fingerprint density at radius 3 is 0.904 bits per heavy atom. The monoisotopic (exact) mass is 1220 g/mol. The maximum atomic E-state index is 14.2. The van der Waals surface area contributed by atoms with E-state index in [0.29, 0.717) is 16.7 Å². The fraction of sp³-hybridized carbons (Fsp3) is 0.167. The standard InChI is InChI=1S/C32H12BF24.C22H16NO2S/c34-25(35,36)13-1-14(26(37,38)39)6-21(5-13)33(22-7-15(27(40,41)42)2-16(8-22)28(43,44)45,23-9-17(29(46,47)48)3-18(10-23)30(49,50)51)24-11-19(31(52,53)54)4-20(12-24)32(55,56)57;24-20(14-23-15-26-21-9-5-4-8-19(21)23)16-10-12-18(13-11-16)22(25)17-6-2-1-3-7-17/h1-12H;1-13,15H,14H2/q-1;+1. The molecule has 83 heavy (non-hydrogen) atoms. The number of hydrogen-bond donors (Lipinski definition) is 0. The molecule has 0 aliphatic rings. The summed E-state index contributed by atoms with van der Waals surface area (Å²) in [4.78, 5) is 25.0. The molecular weight excluding hydrogens is 1190 g/mol. The van der Waals surface area contributed by atoms with Gasteiger partial charge in [0.1, 0.15) is 10.8 Å². The number of hydrogen-bond acceptors (Lipinski definition) is 3. The quantitative estimate of drug-likeness (QED) is 0.0625. The van der Waals surface area contributed by atoms with Crippen LogP contribution in [0.25, 0.3) is 10.2 Å². The van der Waals surface area contributed by atoms with Gasteiger partial charge >= 0.3 is 49.4 Å². The van der Waals surface area contributed by atoms with E-state index in [-0.39, 0.29) is 18.1 Å². The van der Waals surface area contributed by atoms with Gasteiger partial charge in [-0.05, 0) is 30.3 Å². The Kier molecular flexibility index (Phi) is 16.7. The largest absolute Gasteiger partial charge is 0.416 e. The first-order valence-corrected chi connectivity index (χ1v) is 23.8. The van der Waals surface area contributed by atoms with Crippen LogP contribution in [0.15, 0.2) is 157 Å². The van der Waals surface area contributed by atoms with E-state index in [0.717, 1.165) is 10.2 Å². The molecule has 0 N–H and O–H groups in total.